The molecule has 0 radical (unpaired) electrons. The van der Waals surface area contributed by atoms with Gasteiger partial charge in [0.25, 0.3) is 0 Å². The number of benzene rings is 2. The number of nitrogens with one attached hydrogen (secondary N) is 1. The van der Waals surface area contributed by atoms with Crippen LogP contribution in [0.3, 0.4) is 0 Å². The summed E-state index contributed by atoms with van der Waals surface area (Å²) < 4.78 is 90.9. The first-order valence-corrected chi connectivity index (χ1v) is 8.75. The van der Waals surface area contributed by atoms with Gasteiger partial charge in [0.2, 0.25) is 0 Å². The molecule has 30 heavy (non-hydrogen) atoms. The Morgan fingerprint density at radius 2 is 1.67 bits per heavy atom. The summed E-state index contributed by atoms with van der Waals surface area (Å²) in [5.41, 5.74) is 2.37. The van der Waals surface area contributed by atoms with Crippen molar-refractivity contribution in [3.63, 3.8) is 0 Å². The molecule has 1 N–H and O–H groups in total. The van der Waals surface area contributed by atoms with E-state index in [4.69, 9.17) is 11.6 Å². The van der Waals surface area contributed by atoms with Crippen molar-refractivity contribution >= 4 is 28.7 Å². The van der Waals surface area contributed by atoms with E-state index < -0.39 is 18.1 Å². The van der Waals surface area contributed by atoms with E-state index in [1.165, 1.54) is 6.20 Å². The fraction of sp³-hybridized carbons (Fsp3) is 0.211. The number of nitrogens with zero attached hydrogens (tertiary/aromatic N) is 2. The molecule has 3 rings (SSSR count). The lowest BCUT2D eigenvalue weighted by Gasteiger charge is -2.27. The molecule has 0 aliphatic rings. The van der Waals surface area contributed by atoms with E-state index in [-0.39, 0.29) is 5.56 Å². The van der Waals surface area contributed by atoms with E-state index in [0.29, 0.717) is 27.9 Å². The average molecular weight is 452 g/mol. The van der Waals surface area contributed by atoms with Crippen LogP contribution in [0.4, 0.5) is 30.7 Å². The van der Waals surface area contributed by atoms with Crippen LogP contribution in [0, 0.1) is 0 Å². The lowest BCUT2D eigenvalue weighted by atomic mass is 10.2. The van der Waals surface area contributed by atoms with Crippen LogP contribution in [-0.4, -0.2) is 28.9 Å². The van der Waals surface area contributed by atoms with E-state index in [0.717, 1.165) is 11.8 Å². The van der Waals surface area contributed by atoms with Gasteiger partial charge in [-0.25, -0.2) is 5.43 Å². The summed E-state index contributed by atoms with van der Waals surface area (Å²) >= 11 is 5.96. The Morgan fingerprint density at radius 3 is 2.33 bits per heavy atom. The van der Waals surface area contributed by atoms with Crippen molar-refractivity contribution in [2.24, 2.45) is 5.10 Å². The fourth-order valence-electron chi connectivity index (χ4n) is 2.77. The molecule has 2 aromatic carbocycles. The van der Waals surface area contributed by atoms with Crippen LogP contribution in [0.15, 0.2) is 59.8 Å². The van der Waals surface area contributed by atoms with Crippen LogP contribution in [0.2, 0.25) is 5.02 Å². The minimum Gasteiger partial charge on any atom is -0.342 e. The van der Waals surface area contributed by atoms with E-state index >= 15 is 0 Å². The summed E-state index contributed by atoms with van der Waals surface area (Å²) in [5, 5.41) is 3.99. The highest BCUT2D eigenvalue weighted by Gasteiger charge is 2.73. The Balaban J connectivity index is 1.88. The maximum atomic E-state index is 13.3. The molecule has 11 heteroatoms. The first kappa shape index (κ1) is 21.9. The molecule has 0 saturated heterocycles. The predicted molar refractivity (Wildman–Crippen MR) is 99.2 cm³/mol. The molecule has 0 saturated carbocycles. The number of rotatable bonds is 6. The van der Waals surface area contributed by atoms with Gasteiger partial charge in [-0.3, -0.25) is 0 Å². The minimum absolute atomic E-state index is 0.242. The zero-order valence-corrected chi connectivity index (χ0v) is 15.7. The van der Waals surface area contributed by atoms with Crippen LogP contribution in [-0.2, 0) is 6.54 Å². The third-order valence-electron chi connectivity index (χ3n) is 4.22. The molecule has 0 atom stereocenters. The number of halogens is 8. The van der Waals surface area contributed by atoms with Gasteiger partial charge in [0.05, 0.1) is 6.21 Å². The summed E-state index contributed by atoms with van der Waals surface area (Å²) in [5.74, 6) is -6.29. The van der Waals surface area contributed by atoms with Crippen LogP contribution < -0.4 is 5.43 Å². The minimum atomic E-state index is -6.44. The van der Waals surface area contributed by atoms with Crippen molar-refractivity contribution in [2.75, 3.05) is 0 Å². The lowest BCUT2D eigenvalue weighted by molar-refractivity contribution is -0.361. The van der Waals surface area contributed by atoms with E-state index in [9.17, 15) is 30.7 Å². The van der Waals surface area contributed by atoms with Gasteiger partial charge in [0.15, 0.2) is 0 Å². The molecule has 3 nitrogen and oxygen atoms in total. The molecule has 0 spiro atoms. The van der Waals surface area contributed by atoms with Crippen molar-refractivity contribution in [3.05, 3.63) is 70.9 Å². The normalized spacial score (nSPS) is 13.3. The molecule has 160 valence electrons. The Hall–Kier alpha value is -2.75. The highest BCUT2D eigenvalue weighted by Crippen LogP contribution is 2.45. The largest absolute Gasteiger partial charge is 0.462 e. The Bertz CT molecular complexity index is 1070. The number of hydrogen-bond donors (Lipinski definition) is 1. The molecule has 3 aromatic rings. The lowest BCUT2D eigenvalue weighted by Crippen LogP contribution is -2.58. The van der Waals surface area contributed by atoms with Crippen LogP contribution >= 0.6 is 11.6 Å². The molecule has 0 fully saturated rings. The van der Waals surface area contributed by atoms with E-state index in [1.54, 1.807) is 47.0 Å². The monoisotopic (exact) mass is 451 g/mol. The second-order valence-corrected chi connectivity index (χ2v) is 6.81. The van der Waals surface area contributed by atoms with Crippen LogP contribution in [0.5, 0.6) is 0 Å². The first-order chi connectivity index (χ1) is 13.9. The highest BCUT2D eigenvalue weighted by molar-refractivity contribution is 6.30. The average Bonchev–Trinajstić information content (AvgIpc) is 2.98. The van der Waals surface area contributed by atoms with Gasteiger partial charge in [0.1, 0.15) is 0 Å². The molecule has 0 aliphatic carbocycles. The predicted octanol–water partition coefficient (Wildman–Crippen LogP) is 6.06. The summed E-state index contributed by atoms with van der Waals surface area (Å²) in [6.45, 7) is 0.352. The van der Waals surface area contributed by atoms with Crippen molar-refractivity contribution in [1.82, 2.24) is 9.99 Å². The number of fused-ring (bicyclic) bond motifs is 1. The zero-order chi connectivity index (χ0) is 22.2. The van der Waals surface area contributed by atoms with Crippen LogP contribution in [0.1, 0.15) is 11.1 Å². The Morgan fingerprint density at radius 1 is 0.967 bits per heavy atom. The maximum absolute atomic E-state index is 13.3. The zero-order valence-electron chi connectivity index (χ0n) is 14.9. The number of hydrogen-bond acceptors (Lipinski definition) is 2. The van der Waals surface area contributed by atoms with Gasteiger partial charge in [0, 0.05) is 34.2 Å². The van der Waals surface area contributed by atoms with Gasteiger partial charge in [-0.2, -0.15) is 35.8 Å². The number of aromatic nitrogens is 1. The molecule has 0 amide bonds. The molecule has 1 aromatic heterocycles. The molecular weight excluding hydrogens is 439 g/mol. The highest BCUT2D eigenvalue weighted by atomic mass is 35.5. The quantitative estimate of drug-likeness (QED) is 0.210. The number of alkyl halides is 7. The second-order valence-electron chi connectivity index (χ2n) is 6.38. The molecule has 1 heterocycles. The van der Waals surface area contributed by atoms with Crippen molar-refractivity contribution in [1.29, 1.82) is 0 Å². The van der Waals surface area contributed by atoms with E-state index in [1.807, 2.05) is 6.07 Å². The number of hydrazone groups is 1. The number of para-hydroxylation sites is 1. The summed E-state index contributed by atoms with van der Waals surface area (Å²) in [6.07, 6.45) is -4.17. The standard InChI is InChI=1S/C19H13ClF7N3/c20-14-5-3-4-12(8-14)10-30-11-13(15-6-1-2-7-16(15)30)9-28-29-19(26,27)17(21,22)18(23,24)25/h1-9,11,29H,10H2/b28-9-. The van der Waals surface area contributed by atoms with Gasteiger partial charge in [-0.1, -0.05) is 41.9 Å². The van der Waals surface area contributed by atoms with Gasteiger partial charge in [-0.15, -0.1) is 0 Å². The van der Waals surface area contributed by atoms with Crippen molar-refractivity contribution < 1.29 is 30.7 Å². The van der Waals surface area contributed by atoms with E-state index in [2.05, 4.69) is 5.10 Å². The smallest absolute Gasteiger partial charge is 0.342 e. The first-order valence-electron chi connectivity index (χ1n) is 8.37. The van der Waals surface area contributed by atoms with Gasteiger partial charge in [-0.05, 0) is 23.8 Å². The van der Waals surface area contributed by atoms with Crippen molar-refractivity contribution in [3.8, 4) is 0 Å². The molecule has 0 aliphatic heterocycles. The molecule has 0 unspecified atom stereocenters. The Kier molecular flexibility index (Phi) is 5.72. The van der Waals surface area contributed by atoms with Crippen LogP contribution in [0.25, 0.3) is 10.9 Å². The summed E-state index contributed by atoms with van der Waals surface area (Å²) in [7, 11) is 0. The third-order valence-corrected chi connectivity index (χ3v) is 4.46. The second kappa shape index (κ2) is 7.82. The maximum Gasteiger partial charge on any atom is 0.462 e. The SMILES string of the molecule is FC(F)(F)C(F)(F)C(F)(F)N/N=C\c1cn(Cc2cccc(Cl)c2)c2ccccc12. The summed E-state index contributed by atoms with van der Waals surface area (Å²) in [6, 6.07) is 8.11. The van der Waals surface area contributed by atoms with Gasteiger partial charge < -0.3 is 4.57 Å². The third kappa shape index (κ3) is 4.23. The van der Waals surface area contributed by atoms with Gasteiger partial charge >= 0.3 is 18.1 Å². The molecule has 0 bridgehead atoms. The van der Waals surface area contributed by atoms with Crippen molar-refractivity contribution in [2.45, 2.75) is 24.7 Å². The topological polar surface area (TPSA) is 29.3 Å². The fourth-order valence-corrected chi connectivity index (χ4v) is 2.98. The molecular formula is C19H13ClF7N3. The Labute approximate surface area is 170 Å². The summed E-state index contributed by atoms with van der Waals surface area (Å²) in [4.78, 5) is 0.